The maximum absolute atomic E-state index is 12.2. The quantitative estimate of drug-likeness (QED) is 0.473. The largest absolute Gasteiger partial charge is 0.383 e. The number of hydrogen-bond donors (Lipinski definition) is 4. The molecule has 0 saturated carbocycles. The summed E-state index contributed by atoms with van der Waals surface area (Å²) in [6.45, 7) is 3.42. The lowest BCUT2D eigenvalue weighted by atomic mass is 9.91. The number of nitrogens with zero attached hydrogens (tertiary/aromatic N) is 4. The van der Waals surface area contributed by atoms with Gasteiger partial charge >= 0.3 is 0 Å². The van der Waals surface area contributed by atoms with E-state index in [0.717, 1.165) is 40.6 Å². The number of halogens is 1. The monoisotopic (exact) mass is 446 g/mol. The first-order chi connectivity index (χ1) is 13.6. The Bertz CT molecular complexity index is 975. The first-order valence-electron chi connectivity index (χ1n) is 9.43. The van der Waals surface area contributed by atoms with Crippen molar-refractivity contribution in [3.63, 3.8) is 0 Å². The average Bonchev–Trinajstić information content (AvgIpc) is 3.38. The third kappa shape index (κ3) is 3.37. The molecular weight excluding hydrogens is 424 g/mol. The van der Waals surface area contributed by atoms with Gasteiger partial charge in [-0.3, -0.25) is 9.89 Å². The van der Waals surface area contributed by atoms with Gasteiger partial charge in [0.2, 0.25) is 5.91 Å². The Balaban J connectivity index is 1.60. The SMILES string of the molecule is CCCNC(=O)[C@@H]1CC[C@H](c2nc3c(-c4cn[nH]c4)cnn3c(N)c2Br)CN1. The van der Waals surface area contributed by atoms with Gasteiger partial charge in [0.25, 0.3) is 0 Å². The van der Waals surface area contributed by atoms with E-state index in [1.807, 2.05) is 6.92 Å². The lowest BCUT2D eigenvalue weighted by Gasteiger charge is -2.29. The maximum atomic E-state index is 12.2. The minimum absolute atomic E-state index is 0.0697. The van der Waals surface area contributed by atoms with E-state index in [-0.39, 0.29) is 17.9 Å². The molecule has 4 heterocycles. The van der Waals surface area contributed by atoms with Crippen molar-refractivity contribution in [1.29, 1.82) is 0 Å². The summed E-state index contributed by atoms with van der Waals surface area (Å²) < 4.78 is 2.38. The second-order valence-corrected chi connectivity index (χ2v) is 7.80. The molecule has 2 atom stereocenters. The van der Waals surface area contributed by atoms with E-state index in [0.29, 0.717) is 24.6 Å². The van der Waals surface area contributed by atoms with Gasteiger partial charge in [0.05, 0.1) is 28.6 Å². The molecule has 5 N–H and O–H groups in total. The van der Waals surface area contributed by atoms with Crippen LogP contribution < -0.4 is 16.4 Å². The number of H-pyrrole nitrogens is 1. The van der Waals surface area contributed by atoms with Gasteiger partial charge in [-0.05, 0) is 35.2 Å². The van der Waals surface area contributed by atoms with Crippen molar-refractivity contribution in [2.24, 2.45) is 0 Å². The standard InChI is InChI=1S/C18H23BrN8O/c1-2-5-21-18(28)13-4-3-10(6-22-13)15-14(19)16(20)27-17(26-15)12(9-25-27)11-7-23-24-8-11/h7-10,13,22H,2-6,20H2,1H3,(H,21,28)(H,23,24)/t10-,13-/m0/s1. The predicted octanol–water partition coefficient (Wildman–Crippen LogP) is 1.83. The molecule has 1 amide bonds. The topological polar surface area (TPSA) is 126 Å². The Kier molecular flexibility index (Phi) is 5.31. The van der Waals surface area contributed by atoms with Crippen LogP contribution >= 0.6 is 15.9 Å². The number of fused-ring (bicyclic) bond motifs is 1. The highest BCUT2D eigenvalue weighted by molar-refractivity contribution is 9.10. The molecule has 0 unspecified atom stereocenters. The summed E-state index contributed by atoms with van der Waals surface area (Å²) >= 11 is 3.60. The van der Waals surface area contributed by atoms with Gasteiger partial charge in [-0.1, -0.05) is 6.92 Å². The van der Waals surface area contributed by atoms with E-state index in [9.17, 15) is 4.79 Å². The van der Waals surface area contributed by atoms with Crippen LogP contribution in [0.1, 0.15) is 37.8 Å². The van der Waals surface area contributed by atoms with Gasteiger partial charge in [-0.15, -0.1) is 0 Å². The second kappa shape index (κ2) is 7.88. The smallest absolute Gasteiger partial charge is 0.237 e. The molecule has 28 heavy (non-hydrogen) atoms. The number of aromatic nitrogens is 5. The van der Waals surface area contributed by atoms with Gasteiger partial charge in [-0.25, -0.2) is 4.98 Å². The number of nitrogens with two attached hydrogens (primary N) is 1. The number of nitrogens with one attached hydrogen (secondary N) is 3. The fourth-order valence-electron chi connectivity index (χ4n) is 3.57. The number of hydrogen-bond acceptors (Lipinski definition) is 6. The molecule has 4 rings (SSSR count). The second-order valence-electron chi connectivity index (χ2n) is 7.00. The van der Waals surface area contributed by atoms with Crippen LogP contribution in [0.4, 0.5) is 5.82 Å². The predicted molar refractivity (Wildman–Crippen MR) is 110 cm³/mol. The summed E-state index contributed by atoms with van der Waals surface area (Å²) in [4.78, 5) is 17.1. The fourth-order valence-corrected chi connectivity index (χ4v) is 4.15. The van der Waals surface area contributed by atoms with E-state index < -0.39 is 0 Å². The fraction of sp³-hybridized carbons (Fsp3) is 0.444. The highest BCUT2D eigenvalue weighted by Crippen LogP contribution is 2.35. The highest BCUT2D eigenvalue weighted by Gasteiger charge is 2.29. The molecule has 0 spiro atoms. The summed E-state index contributed by atoms with van der Waals surface area (Å²) in [5.74, 6) is 0.738. The summed E-state index contributed by atoms with van der Waals surface area (Å²) in [7, 11) is 0. The van der Waals surface area contributed by atoms with Crippen molar-refractivity contribution in [1.82, 2.24) is 35.4 Å². The number of rotatable bonds is 5. The molecule has 1 aliphatic heterocycles. The molecule has 9 nitrogen and oxygen atoms in total. The lowest BCUT2D eigenvalue weighted by molar-refractivity contribution is -0.123. The zero-order valence-electron chi connectivity index (χ0n) is 15.6. The van der Waals surface area contributed by atoms with Crippen LogP contribution in [0, 0.1) is 0 Å². The Labute approximate surface area is 170 Å². The van der Waals surface area contributed by atoms with Crippen LogP contribution in [0.25, 0.3) is 16.8 Å². The van der Waals surface area contributed by atoms with Crippen LogP contribution in [-0.2, 0) is 4.79 Å². The minimum Gasteiger partial charge on any atom is -0.383 e. The van der Waals surface area contributed by atoms with Crippen molar-refractivity contribution >= 4 is 33.3 Å². The Morgan fingerprint density at radius 3 is 2.96 bits per heavy atom. The molecule has 148 valence electrons. The molecule has 0 bridgehead atoms. The summed E-state index contributed by atoms with van der Waals surface area (Å²) in [5.41, 5.74) is 9.68. The number of carbonyl (C=O) groups excluding carboxylic acids is 1. The van der Waals surface area contributed by atoms with Gasteiger partial charge in [-0.2, -0.15) is 14.7 Å². The van der Waals surface area contributed by atoms with E-state index >= 15 is 0 Å². The number of carbonyl (C=O) groups is 1. The van der Waals surface area contributed by atoms with Crippen molar-refractivity contribution < 1.29 is 4.79 Å². The first kappa shape index (κ1) is 18.9. The van der Waals surface area contributed by atoms with Crippen LogP contribution in [0.15, 0.2) is 23.1 Å². The summed E-state index contributed by atoms with van der Waals surface area (Å²) in [5, 5.41) is 17.5. The number of piperidine rings is 1. The minimum atomic E-state index is -0.154. The van der Waals surface area contributed by atoms with E-state index in [4.69, 9.17) is 10.7 Å². The van der Waals surface area contributed by atoms with Crippen LogP contribution in [0.5, 0.6) is 0 Å². The average molecular weight is 447 g/mol. The molecular formula is C18H23BrN8O. The van der Waals surface area contributed by atoms with Crippen molar-refractivity contribution in [2.75, 3.05) is 18.8 Å². The van der Waals surface area contributed by atoms with E-state index in [2.05, 4.69) is 41.9 Å². The summed E-state index contributed by atoms with van der Waals surface area (Å²) in [6.07, 6.45) is 7.83. The lowest BCUT2D eigenvalue weighted by Crippen LogP contribution is -2.48. The molecule has 3 aromatic heterocycles. The van der Waals surface area contributed by atoms with Crippen molar-refractivity contribution in [3.05, 3.63) is 28.8 Å². The zero-order valence-corrected chi connectivity index (χ0v) is 17.2. The third-order valence-electron chi connectivity index (χ3n) is 5.12. The van der Waals surface area contributed by atoms with Crippen molar-refractivity contribution in [3.8, 4) is 11.1 Å². The van der Waals surface area contributed by atoms with Crippen LogP contribution in [0.3, 0.4) is 0 Å². The van der Waals surface area contributed by atoms with Crippen LogP contribution in [-0.4, -0.2) is 49.8 Å². The van der Waals surface area contributed by atoms with Gasteiger partial charge in [0, 0.05) is 36.3 Å². The molecule has 0 radical (unpaired) electrons. The molecule has 0 aliphatic carbocycles. The molecule has 0 aromatic carbocycles. The van der Waals surface area contributed by atoms with Gasteiger partial charge < -0.3 is 16.4 Å². The van der Waals surface area contributed by atoms with Crippen molar-refractivity contribution in [2.45, 2.75) is 38.1 Å². The van der Waals surface area contributed by atoms with Crippen LogP contribution in [0.2, 0.25) is 0 Å². The number of nitrogen functional groups attached to an aromatic ring is 1. The number of amides is 1. The highest BCUT2D eigenvalue weighted by atomic mass is 79.9. The number of aromatic amines is 1. The van der Waals surface area contributed by atoms with Gasteiger partial charge in [0.1, 0.15) is 5.82 Å². The zero-order chi connectivity index (χ0) is 19.7. The summed E-state index contributed by atoms with van der Waals surface area (Å²) in [6, 6.07) is -0.154. The molecule has 1 aliphatic rings. The molecule has 3 aromatic rings. The maximum Gasteiger partial charge on any atom is 0.237 e. The molecule has 1 fully saturated rings. The third-order valence-corrected chi connectivity index (χ3v) is 5.94. The first-order valence-corrected chi connectivity index (χ1v) is 10.2. The molecule has 10 heteroatoms. The Hall–Kier alpha value is -2.46. The Morgan fingerprint density at radius 2 is 2.29 bits per heavy atom. The van der Waals surface area contributed by atoms with Gasteiger partial charge in [0.15, 0.2) is 5.65 Å². The Morgan fingerprint density at radius 1 is 1.43 bits per heavy atom. The van der Waals surface area contributed by atoms with E-state index in [1.54, 1.807) is 23.1 Å². The number of anilines is 1. The molecule has 1 saturated heterocycles. The van der Waals surface area contributed by atoms with E-state index in [1.165, 1.54) is 0 Å². The normalized spacial score (nSPS) is 19.8.